The molecule has 80 valence electrons. The number of carboxylic acids is 1. The largest absolute Gasteiger partial charge is 0.475 e. The third kappa shape index (κ3) is 1.11. The topological polar surface area (TPSA) is 66.2 Å². The first-order chi connectivity index (χ1) is 7.65. The maximum atomic E-state index is 12.9. The number of carboxylic acid groups (broad SMARTS) is 1. The minimum Gasteiger partial charge on any atom is -0.475 e. The van der Waals surface area contributed by atoms with E-state index in [0.29, 0.717) is 16.6 Å². The number of aromatic carboxylic acids is 1. The van der Waals surface area contributed by atoms with Gasteiger partial charge in [-0.3, -0.25) is 0 Å². The van der Waals surface area contributed by atoms with Crippen LogP contribution in [0.3, 0.4) is 0 Å². The molecule has 3 aromatic rings. The highest BCUT2D eigenvalue weighted by molar-refractivity contribution is 6.07. The van der Waals surface area contributed by atoms with E-state index in [4.69, 9.17) is 9.52 Å². The summed E-state index contributed by atoms with van der Waals surface area (Å²) in [5.41, 5.74) is 0.934. The molecule has 0 aliphatic heterocycles. The molecule has 0 bridgehead atoms. The zero-order valence-corrected chi connectivity index (χ0v) is 7.95. The van der Waals surface area contributed by atoms with Crippen molar-refractivity contribution in [3.8, 4) is 0 Å². The fourth-order valence-corrected chi connectivity index (χ4v) is 1.77. The first-order valence-corrected chi connectivity index (χ1v) is 4.59. The highest BCUT2D eigenvalue weighted by Gasteiger charge is 2.14. The SMILES string of the molecule is O=C(O)c1cc2c([nH]c3cc(F)ccc32)o1. The lowest BCUT2D eigenvalue weighted by molar-refractivity contribution is 0.0664. The van der Waals surface area contributed by atoms with Crippen molar-refractivity contribution >= 4 is 28.0 Å². The van der Waals surface area contributed by atoms with E-state index in [0.717, 1.165) is 5.39 Å². The van der Waals surface area contributed by atoms with Gasteiger partial charge in [0.1, 0.15) is 5.82 Å². The Morgan fingerprint density at radius 3 is 2.88 bits per heavy atom. The number of rotatable bonds is 1. The Hall–Kier alpha value is -2.30. The molecule has 0 amide bonds. The average molecular weight is 219 g/mol. The summed E-state index contributed by atoms with van der Waals surface area (Å²) in [6, 6.07) is 5.67. The molecule has 2 heterocycles. The number of aromatic amines is 1. The second kappa shape index (κ2) is 2.85. The highest BCUT2D eigenvalue weighted by atomic mass is 19.1. The number of carbonyl (C=O) groups is 1. The molecule has 2 N–H and O–H groups in total. The molecule has 0 fully saturated rings. The molecule has 1 aromatic carbocycles. The van der Waals surface area contributed by atoms with Crippen molar-refractivity contribution in [2.75, 3.05) is 0 Å². The summed E-state index contributed by atoms with van der Waals surface area (Å²) in [5.74, 6) is -1.61. The average Bonchev–Trinajstić information content (AvgIpc) is 2.73. The van der Waals surface area contributed by atoms with E-state index in [1.54, 1.807) is 6.07 Å². The van der Waals surface area contributed by atoms with Gasteiger partial charge in [-0.1, -0.05) is 0 Å². The second-order valence-corrected chi connectivity index (χ2v) is 3.47. The van der Waals surface area contributed by atoms with Gasteiger partial charge >= 0.3 is 5.97 Å². The summed E-state index contributed by atoms with van der Waals surface area (Å²) in [6.45, 7) is 0. The van der Waals surface area contributed by atoms with E-state index in [-0.39, 0.29) is 11.6 Å². The minimum absolute atomic E-state index is 0.132. The Kier molecular flexibility index (Phi) is 1.60. The van der Waals surface area contributed by atoms with Gasteiger partial charge in [0.25, 0.3) is 0 Å². The van der Waals surface area contributed by atoms with Gasteiger partial charge in [0.15, 0.2) is 0 Å². The Balaban J connectivity index is 2.38. The summed E-state index contributed by atoms with van der Waals surface area (Å²) >= 11 is 0. The van der Waals surface area contributed by atoms with Crippen molar-refractivity contribution in [1.29, 1.82) is 0 Å². The highest BCUT2D eigenvalue weighted by Crippen LogP contribution is 2.28. The smallest absolute Gasteiger partial charge is 0.371 e. The van der Waals surface area contributed by atoms with Crippen LogP contribution in [-0.2, 0) is 0 Å². The molecule has 0 atom stereocenters. The van der Waals surface area contributed by atoms with E-state index in [1.165, 1.54) is 18.2 Å². The van der Waals surface area contributed by atoms with Crippen LogP contribution in [0.5, 0.6) is 0 Å². The quantitative estimate of drug-likeness (QED) is 0.661. The number of hydrogen-bond donors (Lipinski definition) is 2. The number of fused-ring (bicyclic) bond motifs is 3. The van der Waals surface area contributed by atoms with Gasteiger partial charge in [0.05, 0.1) is 5.52 Å². The third-order valence-corrected chi connectivity index (χ3v) is 2.46. The van der Waals surface area contributed by atoms with E-state index < -0.39 is 5.97 Å². The van der Waals surface area contributed by atoms with Crippen molar-refractivity contribution in [2.45, 2.75) is 0 Å². The molecule has 5 heteroatoms. The van der Waals surface area contributed by atoms with Crippen LogP contribution < -0.4 is 0 Å². The van der Waals surface area contributed by atoms with Gasteiger partial charge in [-0.25, -0.2) is 9.18 Å². The molecule has 4 nitrogen and oxygen atoms in total. The molecule has 16 heavy (non-hydrogen) atoms. The molecule has 0 saturated carbocycles. The normalized spacial score (nSPS) is 11.3. The summed E-state index contributed by atoms with van der Waals surface area (Å²) < 4.78 is 18.0. The second-order valence-electron chi connectivity index (χ2n) is 3.47. The number of H-pyrrole nitrogens is 1. The van der Waals surface area contributed by atoms with Crippen molar-refractivity contribution in [3.63, 3.8) is 0 Å². The number of halogens is 1. The predicted octanol–water partition coefficient (Wildman–Crippen LogP) is 2.75. The van der Waals surface area contributed by atoms with Gasteiger partial charge in [0, 0.05) is 16.8 Å². The zero-order chi connectivity index (χ0) is 11.3. The molecular weight excluding hydrogens is 213 g/mol. The number of nitrogens with one attached hydrogen (secondary N) is 1. The van der Waals surface area contributed by atoms with Gasteiger partial charge < -0.3 is 14.5 Å². The van der Waals surface area contributed by atoms with E-state index in [2.05, 4.69) is 4.98 Å². The van der Waals surface area contributed by atoms with Crippen LogP contribution in [0.1, 0.15) is 10.6 Å². The fourth-order valence-electron chi connectivity index (χ4n) is 1.77. The minimum atomic E-state index is -1.13. The lowest BCUT2D eigenvalue weighted by Gasteiger charge is -1.89. The number of hydrogen-bond acceptors (Lipinski definition) is 2. The molecule has 3 rings (SSSR count). The van der Waals surface area contributed by atoms with Crippen molar-refractivity contribution in [2.24, 2.45) is 0 Å². The Morgan fingerprint density at radius 1 is 1.31 bits per heavy atom. The van der Waals surface area contributed by atoms with Crippen molar-refractivity contribution in [3.05, 3.63) is 35.8 Å². The summed E-state index contributed by atoms with van der Waals surface area (Å²) in [7, 11) is 0. The standard InChI is InChI=1S/C11H6FNO3/c12-5-1-2-6-7-4-9(11(14)15)16-10(7)13-8(6)3-5/h1-4,13H,(H,14,15). The Labute approximate surface area is 88.3 Å². The van der Waals surface area contributed by atoms with Gasteiger partial charge in [0.2, 0.25) is 11.5 Å². The lowest BCUT2D eigenvalue weighted by atomic mass is 10.2. The van der Waals surface area contributed by atoms with Crippen LogP contribution >= 0.6 is 0 Å². The maximum Gasteiger partial charge on any atom is 0.371 e. The Morgan fingerprint density at radius 2 is 2.12 bits per heavy atom. The van der Waals surface area contributed by atoms with E-state index in [1.807, 2.05) is 0 Å². The zero-order valence-electron chi connectivity index (χ0n) is 7.95. The van der Waals surface area contributed by atoms with Crippen LogP contribution in [0.2, 0.25) is 0 Å². The van der Waals surface area contributed by atoms with Crippen LogP contribution in [0.25, 0.3) is 22.0 Å². The summed E-state index contributed by atoms with van der Waals surface area (Å²) in [5, 5.41) is 10.1. The van der Waals surface area contributed by atoms with Gasteiger partial charge in [-0.2, -0.15) is 0 Å². The molecule has 0 radical (unpaired) electrons. The first kappa shape index (κ1) is 8.96. The molecule has 0 aliphatic rings. The number of benzene rings is 1. The number of aromatic nitrogens is 1. The summed E-state index contributed by atoms with van der Waals surface area (Å²) in [4.78, 5) is 13.5. The predicted molar refractivity (Wildman–Crippen MR) is 55.0 cm³/mol. The van der Waals surface area contributed by atoms with Crippen LogP contribution in [0.4, 0.5) is 4.39 Å². The number of furan rings is 1. The van der Waals surface area contributed by atoms with Gasteiger partial charge in [-0.15, -0.1) is 0 Å². The monoisotopic (exact) mass is 219 g/mol. The van der Waals surface area contributed by atoms with Gasteiger partial charge in [-0.05, 0) is 18.2 Å². The maximum absolute atomic E-state index is 12.9. The molecule has 2 aromatic heterocycles. The molecule has 0 aliphatic carbocycles. The molecule has 0 saturated heterocycles. The summed E-state index contributed by atoms with van der Waals surface area (Å²) in [6.07, 6.45) is 0. The van der Waals surface area contributed by atoms with Crippen LogP contribution in [0.15, 0.2) is 28.7 Å². The molecular formula is C11H6FNO3. The fraction of sp³-hybridized carbons (Fsp3) is 0. The molecule has 0 spiro atoms. The van der Waals surface area contributed by atoms with Crippen LogP contribution in [-0.4, -0.2) is 16.1 Å². The van der Waals surface area contributed by atoms with Crippen molar-refractivity contribution < 1.29 is 18.7 Å². The first-order valence-electron chi connectivity index (χ1n) is 4.59. The van der Waals surface area contributed by atoms with Crippen molar-refractivity contribution in [1.82, 2.24) is 4.98 Å². The lowest BCUT2D eigenvalue weighted by Crippen LogP contribution is -1.91. The third-order valence-electron chi connectivity index (χ3n) is 2.46. The Bertz CT molecular complexity index is 710. The van der Waals surface area contributed by atoms with E-state index in [9.17, 15) is 9.18 Å². The molecule has 0 unspecified atom stereocenters. The van der Waals surface area contributed by atoms with Crippen LogP contribution in [0, 0.1) is 5.82 Å². The van der Waals surface area contributed by atoms with E-state index >= 15 is 0 Å².